The summed E-state index contributed by atoms with van der Waals surface area (Å²) in [6.07, 6.45) is 7.27. The number of hydrogen-bond donors (Lipinski definition) is 3. The lowest BCUT2D eigenvalue weighted by Gasteiger charge is -2.21. The summed E-state index contributed by atoms with van der Waals surface area (Å²) in [6.45, 7) is 0.479. The van der Waals surface area contributed by atoms with Crippen molar-refractivity contribution in [3.05, 3.63) is 90.3 Å². The van der Waals surface area contributed by atoms with Crippen LogP contribution in [0.25, 0.3) is 0 Å². The first kappa shape index (κ1) is 20.9. The number of carboxylic acid groups (broad SMARTS) is 1. The molecule has 0 aliphatic carbocycles. The van der Waals surface area contributed by atoms with Gasteiger partial charge in [0.15, 0.2) is 0 Å². The van der Waals surface area contributed by atoms with Crippen molar-refractivity contribution >= 4 is 23.5 Å². The van der Waals surface area contributed by atoms with Gasteiger partial charge in [-0.2, -0.15) is 0 Å². The van der Waals surface area contributed by atoms with Crippen LogP contribution in [0, 0.1) is 5.92 Å². The Morgan fingerprint density at radius 2 is 1.60 bits per heavy atom. The molecule has 7 nitrogen and oxygen atoms in total. The maximum absolute atomic E-state index is 12.3. The number of benzene rings is 2. The first-order chi connectivity index (χ1) is 14.5. The standard InChI is InChI=1S/C23H23N3O4/c27-21(25-19-7-2-1-3-8-19)16-26-14-11-18(12-15-26)22(28)24-13-10-17-6-4-5-9-20(17)23(29)30/h1-9,11-12,14-15,18H,10,13,16H2,(H,24,28)(H,25,27)(H,29,30). The molecule has 0 bridgehead atoms. The van der Waals surface area contributed by atoms with Gasteiger partial charge in [0.1, 0.15) is 6.54 Å². The van der Waals surface area contributed by atoms with Crippen LogP contribution in [0.2, 0.25) is 0 Å². The molecule has 0 saturated heterocycles. The number of rotatable bonds is 8. The molecule has 0 aromatic heterocycles. The van der Waals surface area contributed by atoms with Crippen molar-refractivity contribution in [1.29, 1.82) is 0 Å². The van der Waals surface area contributed by atoms with E-state index in [4.69, 9.17) is 0 Å². The minimum Gasteiger partial charge on any atom is -0.478 e. The maximum Gasteiger partial charge on any atom is 0.335 e. The van der Waals surface area contributed by atoms with Crippen LogP contribution in [0.1, 0.15) is 15.9 Å². The minimum atomic E-state index is -0.980. The minimum absolute atomic E-state index is 0.141. The number of hydrogen-bond acceptors (Lipinski definition) is 4. The monoisotopic (exact) mass is 405 g/mol. The van der Waals surface area contributed by atoms with Gasteiger partial charge in [-0.15, -0.1) is 0 Å². The Hall–Kier alpha value is -3.87. The summed E-state index contributed by atoms with van der Waals surface area (Å²) in [6, 6.07) is 15.9. The lowest BCUT2D eigenvalue weighted by Crippen LogP contribution is -2.33. The highest BCUT2D eigenvalue weighted by atomic mass is 16.4. The van der Waals surface area contributed by atoms with Crippen molar-refractivity contribution in [3.8, 4) is 0 Å². The molecule has 2 aromatic rings. The molecule has 0 radical (unpaired) electrons. The zero-order valence-electron chi connectivity index (χ0n) is 16.3. The number of nitrogens with one attached hydrogen (secondary N) is 2. The molecule has 7 heteroatoms. The molecule has 30 heavy (non-hydrogen) atoms. The summed E-state index contributed by atoms with van der Waals surface area (Å²) >= 11 is 0. The van der Waals surface area contributed by atoms with Crippen LogP contribution in [0.3, 0.4) is 0 Å². The Kier molecular flexibility index (Phi) is 7.00. The Labute approximate surface area is 174 Å². The van der Waals surface area contributed by atoms with E-state index >= 15 is 0 Å². The van der Waals surface area contributed by atoms with Crippen LogP contribution < -0.4 is 10.6 Å². The van der Waals surface area contributed by atoms with Crippen molar-refractivity contribution in [1.82, 2.24) is 10.2 Å². The second-order valence-electron chi connectivity index (χ2n) is 6.80. The van der Waals surface area contributed by atoms with E-state index < -0.39 is 11.9 Å². The van der Waals surface area contributed by atoms with Crippen LogP contribution in [0.4, 0.5) is 5.69 Å². The van der Waals surface area contributed by atoms with Crippen molar-refractivity contribution in [2.75, 3.05) is 18.4 Å². The highest BCUT2D eigenvalue weighted by molar-refractivity contribution is 5.92. The van der Waals surface area contributed by atoms with Crippen molar-refractivity contribution in [2.24, 2.45) is 5.92 Å². The number of carbonyl (C=O) groups excluding carboxylic acids is 2. The molecular weight excluding hydrogens is 382 g/mol. The van der Waals surface area contributed by atoms with Crippen LogP contribution >= 0.6 is 0 Å². The summed E-state index contributed by atoms with van der Waals surface area (Å²) in [4.78, 5) is 37.4. The van der Waals surface area contributed by atoms with Gasteiger partial charge in [-0.25, -0.2) is 4.79 Å². The predicted molar refractivity (Wildman–Crippen MR) is 114 cm³/mol. The van der Waals surface area contributed by atoms with Gasteiger partial charge in [-0.1, -0.05) is 48.6 Å². The molecule has 1 heterocycles. The molecule has 154 valence electrons. The van der Waals surface area contributed by atoms with E-state index in [9.17, 15) is 19.5 Å². The first-order valence-electron chi connectivity index (χ1n) is 9.59. The van der Waals surface area contributed by atoms with Gasteiger partial charge in [0.25, 0.3) is 0 Å². The molecule has 3 rings (SSSR count). The Balaban J connectivity index is 1.44. The number of anilines is 1. The van der Waals surface area contributed by atoms with Gasteiger partial charge in [0.2, 0.25) is 11.8 Å². The molecule has 3 N–H and O–H groups in total. The summed E-state index contributed by atoms with van der Waals surface area (Å²) in [5.74, 6) is -1.75. The molecule has 2 amide bonds. The largest absolute Gasteiger partial charge is 0.478 e. The van der Waals surface area contributed by atoms with E-state index in [-0.39, 0.29) is 23.9 Å². The van der Waals surface area contributed by atoms with E-state index in [1.54, 1.807) is 53.7 Å². The van der Waals surface area contributed by atoms with Gasteiger partial charge in [-0.05, 0) is 30.2 Å². The van der Waals surface area contributed by atoms with Crippen molar-refractivity contribution in [2.45, 2.75) is 6.42 Å². The number of amides is 2. The van der Waals surface area contributed by atoms with Crippen LogP contribution in [0.15, 0.2) is 79.1 Å². The van der Waals surface area contributed by atoms with Crippen molar-refractivity contribution < 1.29 is 19.5 Å². The third-order valence-electron chi connectivity index (χ3n) is 4.60. The quantitative estimate of drug-likeness (QED) is 0.627. The van der Waals surface area contributed by atoms with E-state index in [0.29, 0.717) is 18.5 Å². The van der Waals surface area contributed by atoms with E-state index in [1.807, 2.05) is 30.3 Å². The number of nitrogens with zero attached hydrogens (tertiary/aromatic N) is 1. The Morgan fingerprint density at radius 1 is 0.933 bits per heavy atom. The van der Waals surface area contributed by atoms with E-state index in [0.717, 1.165) is 5.69 Å². The second-order valence-corrected chi connectivity index (χ2v) is 6.80. The molecule has 2 aromatic carbocycles. The second kappa shape index (κ2) is 10.1. The fraction of sp³-hybridized carbons (Fsp3) is 0.174. The van der Waals surface area contributed by atoms with Crippen molar-refractivity contribution in [3.63, 3.8) is 0 Å². The average molecular weight is 405 g/mol. The number of carboxylic acids is 1. The number of aromatic carboxylic acids is 1. The third-order valence-corrected chi connectivity index (χ3v) is 4.60. The molecule has 0 spiro atoms. The number of carbonyl (C=O) groups is 3. The molecule has 1 aliphatic rings. The van der Waals surface area contributed by atoms with Gasteiger partial charge in [-0.3, -0.25) is 9.59 Å². The molecule has 0 fully saturated rings. The highest BCUT2D eigenvalue weighted by Crippen LogP contribution is 2.12. The van der Waals surface area contributed by atoms with Gasteiger partial charge < -0.3 is 20.6 Å². The van der Waals surface area contributed by atoms with Gasteiger partial charge >= 0.3 is 5.97 Å². The van der Waals surface area contributed by atoms with E-state index in [1.165, 1.54) is 0 Å². The summed E-state index contributed by atoms with van der Waals surface area (Å²) in [5.41, 5.74) is 1.65. The normalized spacial score (nSPS) is 13.1. The fourth-order valence-electron chi connectivity index (χ4n) is 3.07. The lowest BCUT2D eigenvalue weighted by atomic mass is 10.0. The zero-order valence-corrected chi connectivity index (χ0v) is 16.3. The molecule has 0 atom stereocenters. The zero-order chi connectivity index (χ0) is 21.3. The van der Waals surface area contributed by atoms with Crippen LogP contribution in [0.5, 0.6) is 0 Å². The summed E-state index contributed by atoms with van der Waals surface area (Å²) in [7, 11) is 0. The highest BCUT2D eigenvalue weighted by Gasteiger charge is 2.17. The lowest BCUT2D eigenvalue weighted by molar-refractivity contribution is -0.122. The summed E-state index contributed by atoms with van der Waals surface area (Å²) < 4.78 is 0. The SMILES string of the molecule is O=C(CN1C=CC(C(=O)NCCc2ccccc2C(=O)O)C=C1)Nc1ccccc1. The van der Waals surface area contributed by atoms with Gasteiger partial charge in [0, 0.05) is 24.6 Å². The predicted octanol–water partition coefficient (Wildman–Crippen LogP) is 2.64. The summed E-state index contributed by atoms with van der Waals surface area (Å²) in [5, 5.41) is 14.8. The van der Waals surface area contributed by atoms with Gasteiger partial charge in [0.05, 0.1) is 11.5 Å². The average Bonchev–Trinajstić information content (AvgIpc) is 2.75. The Bertz CT molecular complexity index is 955. The van der Waals surface area contributed by atoms with E-state index in [2.05, 4.69) is 10.6 Å². The third kappa shape index (κ3) is 5.81. The van der Waals surface area contributed by atoms with Crippen LogP contribution in [-0.2, 0) is 16.0 Å². The fourth-order valence-corrected chi connectivity index (χ4v) is 3.07. The first-order valence-corrected chi connectivity index (χ1v) is 9.59. The molecule has 0 saturated carbocycles. The molecule has 0 unspecified atom stereocenters. The Morgan fingerprint density at radius 3 is 2.30 bits per heavy atom. The maximum atomic E-state index is 12.3. The van der Waals surface area contributed by atoms with Crippen LogP contribution in [-0.4, -0.2) is 40.9 Å². The topological polar surface area (TPSA) is 98.7 Å². The molecular formula is C23H23N3O4. The molecule has 1 aliphatic heterocycles. The number of para-hydroxylation sites is 1. The smallest absolute Gasteiger partial charge is 0.335 e.